The molecule has 0 spiro atoms. The number of halogens is 1. The molecule has 2 heterocycles. The lowest BCUT2D eigenvalue weighted by Crippen LogP contribution is -2.09. The number of aliphatic hydroxyl groups is 1. The van der Waals surface area contributed by atoms with E-state index in [0.717, 1.165) is 6.20 Å². The minimum absolute atomic E-state index is 0.00743. The van der Waals surface area contributed by atoms with Gasteiger partial charge in [-0.15, -0.1) is 0 Å². The van der Waals surface area contributed by atoms with Crippen LogP contribution < -0.4 is 0 Å². The number of nitrogens with zero attached hydrogens (tertiary/aromatic N) is 4. The maximum absolute atomic E-state index is 12.7. The molecular weight excluding hydrogens is 239 g/mol. The summed E-state index contributed by atoms with van der Waals surface area (Å²) in [6.07, 6.45) is 0.300. The Balaban J connectivity index is 2.11. The molecule has 2 rings (SSSR count). The molecule has 0 saturated heterocycles. The SMILES string of the molecule is N#CCC(O)Cc1nc(-c2ccc(F)cn2)no1. The van der Waals surface area contributed by atoms with E-state index >= 15 is 0 Å². The average molecular weight is 248 g/mol. The summed E-state index contributed by atoms with van der Waals surface area (Å²) in [4.78, 5) is 7.80. The van der Waals surface area contributed by atoms with Crippen LogP contribution in [0.15, 0.2) is 22.9 Å². The topological polar surface area (TPSA) is 95.8 Å². The van der Waals surface area contributed by atoms with Crippen molar-refractivity contribution in [1.29, 1.82) is 5.26 Å². The van der Waals surface area contributed by atoms with Gasteiger partial charge in [-0.2, -0.15) is 10.2 Å². The Morgan fingerprint density at radius 3 is 3.00 bits per heavy atom. The molecule has 18 heavy (non-hydrogen) atoms. The summed E-state index contributed by atoms with van der Waals surface area (Å²) in [6.45, 7) is 0. The van der Waals surface area contributed by atoms with Crippen LogP contribution in [-0.4, -0.2) is 26.3 Å². The molecule has 7 heteroatoms. The van der Waals surface area contributed by atoms with Crippen LogP contribution in [0.5, 0.6) is 0 Å². The van der Waals surface area contributed by atoms with Crippen molar-refractivity contribution in [3.63, 3.8) is 0 Å². The van der Waals surface area contributed by atoms with E-state index in [1.807, 2.05) is 6.07 Å². The number of rotatable bonds is 4. The molecule has 6 nitrogen and oxygen atoms in total. The minimum atomic E-state index is -0.843. The number of aromatic nitrogens is 3. The van der Waals surface area contributed by atoms with Crippen molar-refractivity contribution < 1.29 is 14.0 Å². The fourth-order valence-electron chi connectivity index (χ4n) is 1.33. The molecule has 0 amide bonds. The first-order chi connectivity index (χ1) is 8.69. The molecule has 0 radical (unpaired) electrons. The number of pyridine rings is 1. The Labute approximate surface area is 102 Å². The number of aliphatic hydroxyl groups excluding tert-OH is 1. The summed E-state index contributed by atoms with van der Waals surface area (Å²) in [5.41, 5.74) is 0.376. The van der Waals surface area contributed by atoms with Gasteiger partial charge in [-0.25, -0.2) is 9.37 Å². The van der Waals surface area contributed by atoms with Crippen molar-refractivity contribution in [2.45, 2.75) is 18.9 Å². The summed E-state index contributed by atoms with van der Waals surface area (Å²) >= 11 is 0. The van der Waals surface area contributed by atoms with Crippen LogP contribution in [0.1, 0.15) is 12.3 Å². The van der Waals surface area contributed by atoms with Crippen LogP contribution in [0.2, 0.25) is 0 Å². The first-order valence-corrected chi connectivity index (χ1v) is 5.18. The normalized spacial score (nSPS) is 12.1. The minimum Gasteiger partial charge on any atom is -0.392 e. The van der Waals surface area contributed by atoms with E-state index in [4.69, 9.17) is 9.78 Å². The van der Waals surface area contributed by atoms with Crippen molar-refractivity contribution in [2.24, 2.45) is 0 Å². The highest BCUT2D eigenvalue weighted by molar-refractivity contribution is 5.47. The monoisotopic (exact) mass is 248 g/mol. The summed E-state index contributed by atoms with van der Waals surface area (Å²) in [7, 11) is 0. The highest BCUT2D eigenvalue weighted by atomic mass is 19.1. The predicted octanol–water partition coefficient (Wildman–Crippen LogP) is 1.09. The maximum Gasteiger partial charge on any atom is 0.229 e. The van der Waals surface area contributed by atoms with E-state index in [-0.39, 0.29) is 24.6 Å². The van der Waals surface area contributed by atoms with E-state index in [1.165, 1.54) is 12.1 Å². The quantitative estimate of drug-likeness (QED) is 0.869. The Kier molecular flexibility index (Phi) is 3.60. The van der Waals surface area contributed by atoms with Gasteiger partial charge in [-0.1, -0.05) is 5.16 Å². The van der Waals surface area contributed by atoms with Crippen LogP contribution >= 0.6 is 0 Å². The van der Waals surface area contributed by atoms with Crippen molar-refractivity contribution in [2.75, 3.05) is 0 Å². The third kappa shape index (κ3) is 2.87. The average Bonchev–Trinajstić information content (AvgIpc) is 2.78. The van der Waals surface area contributed by atoms with Gasteiger partial charge in [-0.3, -0.25) is 0 Å². The third-order valence-corrected chi connectivity index (χ3v) is 2.16. The zero-order chi connectivity index (χ0) is 13.0. The van der Waals surface area contributed by atoms with Gasteiger partial charge in [0.1, 0.15) is 11.5 Å². The summed E-state index contributed by atoms with van der Waals surface area (Å²) in [6, 6.07) is 4.50. The second kappa shape index (κ2) is 5.33. The lowest BCUT2D eigenvalue weighted by atomic mass is 10.2. The van der Waals surface area contributed by atoms with Crippen molar-refractivity contribution in [3.8, 4) is 17.6 Å². The standard InChI is InChI=1S/C11H9FN4O2/c12-7-1-2-9(14-6-7)11-15-10(18-16-11)5-8(17)3-4-13/h1-2,6,8,17H,3,5H2. The molecule has 0 aliphatic heterocycles. The van der Waals surface area contributed by atoms with Crippen LogP contribution in [0.4, 0.5) is 4.39 Å². The second-order valence-electron chi connectivity index (χ2n) is 3.59. The van der Waals surface area contributed by atoms with Crippen LogP contribution in [0, 0.1) is 17.1 Å². The largest absolute Gasteiger partial charge is 0.392 e. The molecule has 0 aliphatic rings. The van der Waals surface area contributed by atoms with Crippen LogP contribution in [-0.2, 0) is 6.42 Å². The first kappa shape index (κ1) is 12.1. The van der Waals surface area contributed by atoms with Crippen LogP contribution in [0.3, 0.4) is 0 Å². The smallest absolute Gasteiger partial charge is 0.229 e. The van der Waals surface area contributed by atoms with Crippen molar-refractivity contribution in [1.82, 2.24) is 15.1 Å². The Morgan fingerprint density at radius 2 is 2.33 bits per heavy atom. The summed E-state index contributed by atoms with van der Waals surface area (Å²) in [5.74, 6) is -0.0278. The number of hydrogen-bond acceptors (Lipinski definition) is 6. The molecule has 0 saturated carbocycles. The van der Waals surface area contributed by atoms with E-state index in [0.29, 0.717) is 5.69 Å². The van der Waals surface area contributed by atoms with E-state index in [9.17, 15) is 9.50 Å². The molecule has 1 atom stereocenters. The lowest BCUT2D eigenvalue weighted by Gasteiger charge is -1.99. The lowest BCUT2D eigenvalue weighted by molar-refractivity contribution is 0.167. The Bertz CT molecular complexity index is 561. The molecular formula is C11H9FN4O2. The molecule has 2 aromatic heterocycles. The fraction of sp³-hybridized carbons (Fsp3) is 0.273. The van der Waals surface area contributed by atoms with Gasteiger partial charge < -0.3 is 9.63 Å². The number of nitriles is 1. The molecule has 0 fully saturated rings. The van der Waals surface area contributed by atoms with Gasteiger partial charge in [0.2, 0.25) is 11.7 Å². The highest BCUT2D eigenvalue weighted by Crippen LogP contribution is 2.14. The van der Waals surface area contributed by atoms with Gasteiger partial charge in [0.05, 0.1) is 31.2 Å². The van der Waals surface area contributed by atoms with E-state index < -0.39 is 11.9 Å². The zero-order valence-corrected chi connectivity index (χ0v) is 9.25. The Hall–Kier alpha value is -2.33. The van der Waals surface area contributed by atoms with Gasteiger partial charge in [0.25, 0.3) is 0 Å². The molecule has 1 unspecified atom stereocenters. The molecule has 2 aromatic rings. The van der Waals surface area contributed by atoms with Crippen molar-refractivity contribution >= 4 is 0 Å². The third-order valence-electron chi connectivity index (χ3n) is 2.16. The van der Waals surface area contributed by atoms with E-state index in [2.05, 4.69) is 15.1 Å². The van der Waals surface area contributed by atoms with Gasteiger partial charge >= 0.3 is 0 Å². The van der Waals surface area contributed by atoms with Crippen molar-refractivity contribution in [3.05, 3.63) is 30.0 Å². The van der Waals surface area contributed by atoms with Gasteiger partial charge in [-0.05, 0) is 12.1 Å². The molecule has 0 bridgehead atoms. The van der Waals surface area contributed by atoms with Gasteiger partial charge in [0.15, 0.2) is 0 Å². The molecule has 1 N–H and O–H groups in total. The van der Waals surface area contributed by atoms with E-state index in [1.54, 1.807) is 0 Å². The predicted molar refractivity (Wildman–Crippen MR) is 57.4 cm³/mol. The molecule has 92 valence electrons. The highest BCUT2D eigenvalue weighted by Gasteiger charge is 2.13. The Morgan fingerprint density at radius 1 is 1.50 bits per heavy atom. The summed E-state index contributed by atoms with van der Waals surface area (Å²) < 4.78 is 17.6. The van der Waals surface area contributed by atoms with Crippen LogP contribution in [0.25, 0.3) is 11.5 Å². The molecule has 0 aliphatic carbocycles. The maximum atomic E-state index is 12.7. The first-order valence-electron chi connectivity index (χ1n) is 5.18. The zero-order valence-electron chi connectivity index (χ0n) is 9.25. The van der Waals surface area contributed by atoms with Gasteiger partial charge in [0, 0.05) is 0 Å². The summed E-state index contributed by atoms with van der Waals surface area (Å²) in [5, 5.41) is 21.5. The molecule has 0 aromatic carbocycles. The number of hydrogen-bond donors (Lipinski definition) is 1. The fourth-order valence-corrected chi connectivity index (χ4v) is 1.33. The second-order valence-corrected chi connectivity index (χ2v) is 3.59.